The van der Waals surface area contributed by atoms with Crippen molar-refractivity contribution in [1.82, 2.24) is 5.32 Å². The van der Waals surface area contributed by atoms with Gasteiger partial charge in [-0.3, -0.25) is 0 Å². The van der Waals surface area contributed by atoms with Gasteiger partial charge in [-0.2, -0.15) is 0 Å². The molecule has 0 fully saturated rings. The van der Waals surface area contributed by atoms with Gasteiger partial charge >= 0.3 is 0 Å². The minimum Gasteiger partial charge on any atom is -0.399 e. The molecular weight excluding hydrogens is 160 g/mol. The first kappa shape index (κ1) is 14.5. The number of hydrogen-bond donors (Lipinski definition) is 2. The molecule has 0 radical (unpaired) electrons. The standard InChI is InChI=1S/C6H7N.C3H9N.C2H6/c7-6-4-2-1-3-5-6;1-3-4-2;1-2/h1-5H,7H2;4H,3H2,1-2H3;1-2H3. The molecular formula is C11H22N2. The Bertz CT molecular complexity index is 159. The Hall–Kier alpha value is -1.02. The van der Waals surface area contributed by atoms with E-state index in [1.807, 2.05) is 51.2 Å². The number of anilines is 1. The second-order valence-corrected chi connectivity index (χ2v) is 2.12. The monoisotopic (exact) mass is 182 g/mol. The molecule has 0 heterocycles. The lowest BCUT2D eigenvalue weighted by molar-refractivity contribution is 0.864. The van der Waals surface area contributed by atoms with E-state index in [0.717, 1.165) is 12.2 Å². The van der Waals surface area contributed by atoms with Crippen molar-refractivity contribution in [2.24, 2.45) is 0 Å². The first-order valence-corrected chi connectivity index (χ1v) is 4.76. The molecule has 1 rings (SSSR count). The highest BCUT2D eigenvalue weighted by Gasteiger charge is 1.72. The van der Waals surface area contributed by atoms with Crippen molar-refractivity contribution >= 4 is 5.69 Å². The molecule has 0 aromatic heterocycles. The highest BCUT2D eigenvalue weighted by molar-refractivity contribution is 5.35. The largest absolute Gasteiger partial charge is 0.399 e. The van der Waals surface area contributed by atoms with Crippen LogP contribution in [0, 0.1) is 0 Å². The highest BCUT2D eigenvalue weighted by Crippen LogP contribution is 1.95. The van der Waals surface area contributed by atoms with Crippen molar-refractivity contribution in [2.75, 3.05) is 19.3 Å². The summed E-state index contributed by atoms with van der Waals surface area (Å²) in [5.74, 6) is 0. The molecule has 2 nitrogen and oxygen atoms in total. The van der Waals surface area contributed by atoms with Crippen LogP contribution in [0.1, 0.15) is 20.8 Å². The number of hydrogen-bond acceptors (Lipinski definition) is 2. The molecule has 2 heteroatoms. The van der Waals surface area contributed by atoms with E-state index in [0.29, 0.717) is 0 Å². The summed E-state index contributed by atoms with van der Waals surface area (Å²) in [5, 5.41) is 2.93. The van der Waals surface area contributed by atoms with Crippen LogP contribution in [0.5, 0.6) is 0 Å². The van der Waals surface area contributed by atoms with E-state index >= 15 is 0 Å². The topological polar surface area (TPSA) is 38.0 Å². The van der Waals surface area contributed by atoms with E-state index in [9.17, 15) is 0 Å². The van der Waals surface area contributed by atoms with E-state index < -0.39 is 0 Å². The van der Waals surface area contributed by atoms with Crippen LogP contribution in [0.25, 0.3) is 0 Å². The summed E-state index contributed by atoms with van der Waals surface area (Å²) >= 11 is 0. The van der Waals surface area contributed by atoms with Crippen LogP contribution < -0.4 is 11.1 Å². The van der Waals surface area contributed by atoms with Crippen molar-refractivity contribution in [3.63, 3.8) is 0 Å². The lowest BCUT2D eigenvalue weighted by atomic mass is 10.3. The van der Waals surface area contributed by atoms with Gasteiger partial charge < -0.3 is 11.1 Å². The summed E-state index contributed by atoms with van der Waals surface area (Å²) in [7, 11) is 1.93. The molecule has 76 valence electrons. The third-order valence-corrected chi connectivity index (χ3v) is 1.15. The second kappa shape index (κ2) is 13.6. The Balaban J connectivity index is 0. The van der Waals surface area contributed by atoms with Crippen LogP contribution >= 0.6 is 0 Å². The van der Waals surface area contributed by atoms with Gasteiger partial charge in [-0.05, 0) is 25.7 Å². The number of rotatable bonds is 1. The number of benzene rings is 1. The van der Waals surface area contributed by atoms with E-state index in [1.54, 1.807) is 0 Å². The maximum absolute atomic E-state index is 5.36. The molecule has 0 atom stereocenters. The van der Waals surface area contributed by atoms with Gasteiger partial charge in [0, 0.05) is 5.69 Å². The molecule has 0 aliphatic rings. The van der Waals surface area contributed by atoms with Gasteiger partial charge in [0.05, 0.1) is 0 Å². The Morgan fingerprint density at radius 3 is 1.69 bits per heavy atom. The fourth-order valence-electron chi connectivity index (χ4n) is 0.453. The number of nitrogens with two attached hydrogens (primary N) is 1. The third kappa shape index (κ3) is 13.9. The molecule has 1 aromatic rings. The van der Waals surface area contributed by atoms with Crippen LogP contribution in [0.15, 0.2) is 30.3 Å². The van der Waals surface area contributed by atoms with E-state index in [4.69, 9.17) is 5.73 Å². The predicted molar refractivity (Wildman–Crippen MR) is 61.8 cm³/mol. The SMILES string of the molecule is CC.CCNC.Nc1ccccc1. The highest BCUT2D eigenvalue weighted by atomic mass is 14.8. The van der Waals surface area contributed by atoms with E-state index in [-0.39, 0.29) is 0 Å². The van der Waals surface area contributed by atoms with Gasteiger partial charge in [0.15, 0.2) is 0 Å². The number of para-hydroxylation sites is 1. The van der Waals surface area contributed by atoms with Crippen molar-refractivity contribution in [3.05, 3.63) is 30.3 Å². The number of nitrogen functional groups attached to an aromatic ring is 1. The molecule has 0 unspecified atom stereocenters. The molecule has 13 heavy (non-hydrogen) atoms. The average Bonchev–Trinajstić information content (AvgIpc) is 2.22. The van der Waals surface area contributed by atoms with Gasteiger partial charge in [0.25, 0.3) is 0 Å². The molecule has 1 aromatic carbocycles. The van der Waals surface area contributed by atoms with Crippen molar-refractivity contribution in [3.8, 4) is 0 Å². The summed E-state index contributed by atoms with van der Waals surface area (Å²) in [6, 6.07) is 9.49. The van der Waals surface area contributed by atoms with Gasteiger partial charge in [-0.25, -0.2) is 0 Å². The quantitative estimate of drug-likeness (QED) is 0.655. The Kier molecular flexibility index (Phi) is 15.1. The minimum atomic E-state index is 0.822. The summed E-state index contributed by atoms with van der Waals surface area (Å²) in [4.78, 5) is 0. The molecule has 0 spiro atoms. The lowest BCUT2D eigenvalue weighted by Gasteiger charge is -1.83. The molecule has 3 N–H and O–H groups in total. The fourth-order valence-corrected chi connectivity index (χ4v) is 0.453. The Morgan fingerprint density at radius 1 is 1.15 bits per heavy atom. The fraction of sp³-hybridized carbons (Fsp3) is 0.455. The van der Waals surface area contributed by atoms with E-state index in [1.165, 1.54) is 0 Å². The van der Waals surface area contributed by atoms with Crippen LogP contribution in [0.4, 0.5) is 5.69 Å². The summed E-state index contributed by atoms with van der Waals surface area (Å²) < 4.78 is 0. The van der Waals surface area contributed by atoms with Gasteiger partial charge in [0.2, 0.25) is 0 Å². The maximum atomic E-state index is 5.36. The van der Waals surface area contributed by atoms with Gasteiger partial charge in [-0.1, -0.05) is 39.0 Å². The number of nitrogens with one attached hydrogen (secondary N) is 1. The smallest absolute Gasteiger partial charge is 0.0313 e. The molecule has 0 saturated heterocycles. The average molecular weight is 182 g/mol. The first-order chi connectivity index (χ1) is 6.31. The zero-order chi connectivity index (χ0) is 10.5. The molecule has 0 aliphatic carbocycles. The second-order valence-electron chi connectivity index (χ2n) is 2.12. The van der Waals surface area contributed by atoms with Crippen LogP contribution in [0.3, 0.4) is 0 Å². The van der Waals surface area contributed by atoms with Crippen LogP contribution in [-0.4, -0.2) is 13.6 Å². The normalized spacial score (nSPS) is 7.38. The van der Waals surface area contributed by atoms with Gasteiger partial charge in [0.1, 0.15) is 0 Å². The van der Waals surface area contributed by atoms with Crippen molar-refractivity contribution in [2.45, 2.75) is 20.8 Å². The maximum Gasteiger partial charge on any atom is 0.0313 e. The lowest BCUT2D eigenvalue weighted by Crippen LogP contribution is -2.01. The zero-order valence-electron chi connectivity index (χ0n) is 9.17. The predicted octanol–water partition coefficient (Wildman–Crippen LogP) is 2.52. The van der Waals surface area contributed by atoms with Gasteiger partial charge in [-0.15, -0.1) is 0 Å². The molecule has 0 amide bonds. The Labute approximate surface area is 82.2 Å². The van der Waals surface area contributed by atoms with Crippen LogP contribution in [-0.2, 0) is 0 Å². The third-order valence-electron chi connectivity index (χ3n) is 1.15. The van der Waals surface area contributed by atoms with Crippen molar-refractivity contribution in [1.29, 1.82) is 0 Å². The van der Waals surface area contributed by atoms with E-state index in [2.05, 4.69) is 12.2 Å². The molecule has 0 aliphatic heterocycles. The summed E-state index contributed by atoms with van der Waals surface area (Å²) in [5.41, 5.74) is 6.18. The first-order valence-electron chi connectivity index (χ1n) is 4.76. The summed E-state index contributed by atoms with van der Waals surface area (Å²) in [6.07, 6.45) is 0. The van der Waals surface area contributed by atoms with Crippen LogP contribution in [0.2, 0.25) is 0 Å². The zero-order valence-corrected chi connectivity index (χ0v) is 9.17. The molecule has 0 saturated carbocycles. The minimum absolute atomic E-state index is 0.822. The Morgan fingerprint density at radius 2 is 1.54 bits per heavy atom. The summed E-state index contributed by atoms with van der Waals surface area (Å²) in [6.45, 7) is 7.14. The van der Waals surface area contributed by atoms with Crippen molar-refractivity contribution < 1.29 is 0 Å². The molecule has 0 bridgehead atoms.